The van der Waals surface area contributed by atoms with E-state index in [4.69, 9.17) is 0 Å². The highest BCUT2D eigenvalue weighted by Gasteiger charge is 2.23. The van der Waals surface area contributed by atoms with Crippen molar-refractivity contribution in [3.8, 4) is 5.69 Å². The zero-order chi connectivity index (χ0) is 21.9. The number of nitrogens with one attached hydrogen (secondary N) is 1. The molecule has 0 radical (unpaired) electrons. The van der Waals surface area contributed by atoms with E-state index >= 15 is 0 Å². The Morgan fingerprint density at radius 1 is 0.969 bits per heavy atom. The molecule has 3 heterocycles. The third kappa shape index (κ3) is 4.02. The summed E-state index contributed by atoms with van der Waals surface area (Å²) in [6, 6.07) is 16.0. The molecular formula is C23H22FN7O. The average molecular weight is 431 g/mol. The third-order valence-electron chi connectivity index (χ3n) is 5.53. The van der Waals surface area contributed by atoms with Gasteiger partial charge in [-0.2, -0.15) is 5.10 Å². The summed E-state index contributed by atoms with van der Waals surface area (Å²) in [6.45, 7) is 3.05. The van der Waals surface area contributed by atoms with Gasteiger partial charge in [-0.1, -0.05) is 30.3 Å². The van der Waals surface area contributed by atoms with Crippen LogP contribution in [-0.4, -0.2) is 63.3 Å². The molecule has 0 bridgehead atoms. The van der Waals surface area contributed by atoms with Crippen molar-refractivity contribution in [3.63, 3.8) is 0 Å². The Hall–Kier alpha value is -3.85. The van der Waals surface area contributed by atoms with Crippen LogP contribution in [0.2, 0.25) is 0 Å². The van der Waals surface area contributed by atoms with Gasteiger partial charge in [0.1, 0.15) is 18.0 Å². The largest absolute Gasteiger partial charge is 0.353 e. The standard InChI is InChI=1S/C23H22FN7O/c24-19-8-4-5-9-20(19)28-21(32)15-29-10-12-30(13-11-29)22-18-14-27-31(23(18)26-16-25-22)17-6-2-1-3-7-17/h1-9,14,16H,10-13,15H2,(H,28,32). The summed E-state index contributed by atoms with van der Waals surface area (Å²) >= 11 is 0. The maximum Gasteiger partial charge on any atom is 0.238 e. The minimum atomic E-state index is -0.436. The molecule has 5 rings (SSSR count). The van der Waals surface area contributed by atoms with Crippen molar-refractivity contribution in [1.29, 1.82) is 0 Å². The fourth-order valence-electron chi connectivity index (χ4n) is 3.92. The lowest BCUT2D eigenvalue weighted by Gasteiger charge is -2.35. The maximum absolute atomic E-state index is 13.8. The summed E-state index contributed by atoms with van der Waals surface area (Å²) in [5.41, 5.74) is 1.90. The fraction of sp³-hybridized carbons (Fsp3) is 0.217. The van der Waals surface area contributed by atoms with Gasteiger partial charge in [0.05, 0.1) is 29.5 Å². The second-order valence-electron chi connectivity index (χ2n) is 7.62. The smallest absolute Gasteiger partial charge is 0.238 e. The number of halogens is 1. The number of piperazine rings is 1. The first-order chi connectivity index (χ1) is 15.7. The van der Waals surface area contributed by atoms with Crippen LogP contribution in [0, 0.1) is 5.82 Å². The number of benzene rings is 2. The van der Waals surface area contributed by atoms with Crippen LogP contribution in [0.5, 0.6) is 0 Å². The van der Waals surface area contributed by atoms with E-state index in [2.05, 4.69) is 30.2 Å². The SMILES string of the molecule is O=C(CN1CCN(c2ncnc3c2cnn3-c2ccccc2)CC1)Nc1ccccc1F. The molecule has 2 aromatic heterocycles. The molecule has 1 aliphatic rings. The summed E-state index contributed by atoms with van der Waals surface area (Å²) in [5.74, 6) is 0.180. The Bertz CT molecular complexity index is 1240. The van der Waals surface area contributed by atoms with Crippen molar-refractivity contribution in [2.45, 2.75) is 0 Å². The van der Waals surface area contributed by atoms with Gasteiger partial charge >= 0.3 is 0 Å². The van der Waals surface area contributed by atoms with E-state index in [-0.39, 0.29) is 18.1 Å². The van der Waals surface area contributed by atoms with Gasteiger partial charge in [-0.3, -0.25) is 9.69 Å². The van der Waals surface area contributed by atoms with Crippen molar-refractivity contribution in [1.82, 2.24) is 24.6 Å². The molecule has 0 saturated carbocycles. The summed E-state index contributed by atoms with van der Waals surface area (Å²) in [7, 11) is 0. The number of amides is 1. The van der Waals surface area contributed by atoms with Crippen molar-refractivity contribution >= 4 is 28.4 Å². The summed E-state index contributed by atoms with van der Waals surface area (Å²) in [6.07, 6.45) is 3.36. The number of carbonyl (C=O) groups is 1. The quantitative estimate of drug-likeness (QED) is 0.524. The van der Waals surface area contributed by atoms with Gasteiger partial charge in [0.25, 0.3) is 0 Å². The number of nitrogens with zero attached hydrogens (tertiary/aromatic N) is 6. The van der Waals surface area contributed by atoms with E-state index in [9.17, 15) is 9.18 Å². The average Bonchev–Trinajstić information content (AvgIpc) is 3.26. The molecule has 8 nitrogen and oxygen atoms in total. The van der Waals surface area contributed by atoms with Crippen LogP contribution in [0.1, 0.15) is 0 Å². The molecule has 2 aromatic carbocycles. The van der Waals surface area contributed by atoms with E-state index in [1.165, 1.54) is 6.07 Å². The Morgan fingerprint density at radius 2 is 1.72 bits per heavy atom. The number of para-hydroxylation sites is 2. The Kier molecular flexibility index (Phi) is 5.47. The molecule has 4 aromatic rings. The molecule has 1 saturated heterocycles. The molecule has 0 atom stereocenters. The van der Waals surface area contributed by atoms with Crippen LogP contribution in [0.4, 0.5) is 15.9 Å². The maximum atomic E-state index is 13.8. The first kappa shape index (κ1) is 20.1. The van der Waals surface area contributed by atoms with Gasteiger partial charge in [0, 0.05) is 26.2 Å². The van der Waals surface area contributed by atoms with Gasteiger partial charge in [0.2, 0.25) is 5.91 Å². The van der Waals surface area contributed by atoms with E-state index in [1.807, 2.05) is 35.0 Å². The van der Waals surface area contributed by atoms with Gasteiger partial charge in [-0.15, -0.1) is 0 Å². The Morgan fingerprint density at radius 3 is 2.50 bits per heavy atom. The van der Waals surface area contributed by atoms with Crippen LogP contribution in [0.15, 0.2) is 67.1 Å². The second kappa shape index (κ2) is 8.72. The third-order valence-corrected chi connectivity index (χ3v) is 5.53. The molecule has 1 amide bonds. The highest BCUT2D eigenvalue weighted by molar-refractivity contribution is 5.92. The number of hydrogen-bond acceptors (Lipinski definition) is 6. The summed E-state index contributed by atoms with van der Waals surface area (Å²) in [4.78, 5) is 25.5. The number of carbonyl (C=O) groups excluding carboxylic acids is 1. The van der Waals surface area contributed by atoms with Crippen molar-refractivity contribution in [2.24, 2.45) is 0 Å². The zero-order valence-electron chi connectivity index (χ0n) is 17.4. The zero-order valence-corrected chi connectivity index (χ0v) is 17.4. The first-order valence-electron chi connectivity index (χ1n) is 10.4. The first-order valence-corrected chi connectivity index (χ1v) is 10.4. The lowest BCUT2D eigenvalue weighted by atomic mass is 10.2. The lowest BCUT2D eigenvalue weighted by Crippen LogP contribution is -2.49. The molecular weight excluding hydrogens is 409 g/mol. The Labute approximate surface area is 184 Å². The monoisotopic (exact) mass is 431 g/mol. The Balaban J connectivity index is 1.25. The summed E-state index contributed by atoms with van der Waals surface area (Å²) in [5, 5.41) is 8.05. The summed E-state index contributed by atoms with van der Waals surface area (Å²) < 4.78 is 15.6. The minimum absolute atomic E-state index is 0.204. The normalized spacial score (nSPS) is 14.6. The minimum Gasteiger partial charge on any atom is -0.353 e. The number of hydrogen-bond donors (Lipinski definition) is 1. The fourth-order valence-corrected chi connectivity index (χ4v) is 3.92. The van der Waals surface area contributed by atoms with Crippen molar-refractivity contribution in [2.75, 3.05) is 42.9 Å². The van der Waals surface area contributed by atoms with Crippen molar-refractivity contribution in [3.05, 3.63) is 72.9 Å². The highest BCUT2D eigenvalue weighted by atomic mass is 19.1. The van der Waals surface area contributed by atoms with Crippen LogP contribution in [0.3, 0.4) is 0 Å². The van der Waals surface area contributed by atoms with E-state index in [1.54, 1.807) is 30.7 Å². The number of rotatable bonds is 5. The number of anilines is 2. The number of fused-ring (bicyclic) bond motifs is 1. The molecule has 0 unspecified atom stereocenters. The molecule has 9 heteroatoms. The van der Waals surface area contributed by atoms with E-state index < -0.39 is 5.82 Å². The van der Waals surface area contributed by atoms with Gasteiger partial charge < -0.3 is 10.2 Å². The van der Waals surface area contributed by atoms with Gasteiger partial charge in [0.15, 0.2) is 5.65 Å². The topological polar surface area (TPSA) is 79.2 Å². The number of aromatic nitrogens is 4. The molecule has 0 aliphatic carbocycles. The molecule has 1 N–H and O–H groups in total. The van der Waals surface area contributed by atoms with Crippen LogP contribution in [-0.2, 0) is 4.79 Å². The molecule has 32 heavy (non-hydrogen) atoms. The lowest BCUT2D eigenvalue weighted by molar-refractivity contribution is -0.117. The van der Waals surface area contributed by atoms with E-state index in [0.29, 0.717) is 13.1 Å². The molecule has 1 aliphatic heterocycles. The highest BCUT2D eigenvalue weighted by Crippen LogP contribution is 2.25. The second-order valence-corrected chi connectivity index (χ2v) is 7.62. The predicted octanol–water partition coefficient (Wildman–Crippen LogP) is 2.72. The molecule has 162 valence electrons. The van der Waals surface area contributed by atoms with E-state index in [0.717, 1.165) is 35.6 Å². The van der Waals surface area contributed by atoms with Crippen LogP contribution in [0.25, 0.3) is 16.7 Å². The van der Waals surface area contributed by atoms with Crippen LogP contribution < -0.4 is 10.2 Å². The van der Waals surface area contributed by atoms with Crippen LogP contribution >= 0.6 is 0 Å². The molecule has 1 fully saturated rings. The van der Waals surface area contributed by atoms with Gasteiger partial charge in [-0.05, 0) is 24.3 Å². The van der Waals surface area contributed by atoms with Gasteiger partial charge in [-0.25, -0.2) is 19.0 Å². The molecule has 0 spiro atoms. The predicted molar refractivity (Wildman–Crippen MR) is 120 cm³/mol. The van der Waals surface area contributed by atoms with Crippen molar-refractivity contribution < 1.29 is 9.18 Å².